The van der Waals surface area contributed by atoms with Gasteiger partial charge in [-0.1, -0.05) is 39.7 Å². The molecule has 0 aliphatic rings. The van der Waals surface area contributed by atoms with Crippen molar-refractivity contribution in [1.29, 1.82) is 0 Å². The molecule has 0 atom stereocenters. The van der Waals surface area contributed by atoms with Crippen molar-refractivity contribution in [3.05, 3.63) is 85.5 Å². The van der Waals surface area contributed by atoms with E-state index in [1.165, 1.54) is 24.4 Å². The molecule has 0 unspecified atom stereocenters. The van der Waals surface area contributed by atoms with E-state index >= 15 is 0 Å². The number of furan rings is 1. The van der Waals surface area contributed by atoms with Crippen LogP contribution in [-0.2, 0) is 11.2 Å². The van der Waals surface area contributed by atoms with Gasteiger partial charge in [0.15, 0.2) is 0 Å². The summed E-state index contributed by atoms with van der Waals surface area (Å²) in [5.74, 6) is 0.449. The highest BCUT2D eigenvalue weighted by Gasteiger charge is 2.14. The van der Waals surface area contributed by atoms with Crippen LogP contribution < -0.4 is 5.43 Å². The first-order valence-electron chi connectivity index (χ1n) is 8.03. The van der Waals surface area contributed by atoms with Gasteiger partial charge in [-0.05, 0) is 35.9 Å². The molecule has 2 aromatic carbocycles. The Bertz CT molecular complexity index is 1050. The summed E-state index contributed by atoms with van der Waals surface area (Å²) in [4.78, 5) is 22.3. The Hall–Kier alpha value is -2.97. The number of non-ortho nitro benzene ring substituents is 1. The molecule has 0 saturated heterocycles. The molecule has 7 nitrogen and oxygen atoms in total. The minimum Gasteiger partial charge on any atom is -0.455 e. The third-order valence-electron chi connectivity index (χ3n) is 3.71. The molecule has 1 amide bonds. The molecule has 9 heteroatoms. The Morgan fingerprint density at radius 1 is 1.21 bits per heavy atom. The fraction of sp³-hybridized carbons (Fsp3) is 0.0526. The molecule has 0 radical (unpaired) electrons. The minimum atomic E-state index is -0.508. The number of carbonyl (C=O) groups excluding carboxylic acids is 1. The average molecular weight is 463 g/mol. The number of hydrogen-bond donors (Lipinski definition) is 1. The molecule has 1 heterocycles. The van der Waals surface area contributed by atoms with Gasteiger partial charge in [-0.3, -0.25) is 14.9 Å². The molecule has 0 bridgehead atoms. The molecule has 0 aliphatic carbocycles. The number of carbonyl (C=O) groups is 1. The van der Waals surface area contributed by atoms with E-state index in [9.17, 15) is 14.9 Å². The number of benzene rings is 2. The number of nitro benzene ring substituents is 1. The van der Waals surface area contributed by atoms with Crippen molar-refractivity contribution in [1.82, 2.24) is 5.43 Å². The summed E-state index contributed by atoms with van der Waals surface area (Å²) >= 11 is 9.44. The zero-order valence-corrected chi connectivity index (χ0v) is 16.6. The van der Waals surface area contributed by atoms with Gasteiger partial charge >= 0.3 is 0 Å². The van der Waals surface area contributed by atoms with Crippen molar-refractivity contribution >= 4 is 45.3 Å². The lowest BCUT2D eigenvalue weighted by Gasteiger charge is -2.01. The highest BCUT2D eigenvalue weighted by molar-refractivity contribution is 9.10. The van der Waals surface area contributed by atoms with Gasteiger partial charge in [0.05, 0.1) is 22.6 Å². The molecule has 0 saturated carbocycles. The van der Waals surface area contributed by atoms with E-state index in [0.717, 1.165) is 10.0 Å². The number of nitro groups is 1. The van der Waals surface area contributed by atoms with Crippen molar-refractivity contribution in [2.24, 2.45) is 5.10 Å². The Labute approximate surface area is 173 Å². The summed E-state index contributed by atoms with van der Waals surface area (Å²) in [5, 5.41) is 15.1. The molecular formula is C19H13BrClN3O4. The maximum atomic E-state index is 11.9. The second-order valence-electron chi connectivity index (χ2n) is 5.72. The van der Waals surface area contributed by atoms with Crippen molar-refractivity contribution in [2.75, 3.05) is 0 Å². The quantitative estimate of drug-likeness (QED) is 0.318. The van der Waals surface area contributed by atoms with E-state index in [1.54, 1.807) is 12.1 Å². The summed E-state index contributed by atoms with van der Waals surface area (Å²) in [6.07, 6.45) is 1.53. The lowest BCUT2D eigenvalue weighted by Crippen LogP contribution is -2.19. The maximum Gasteiger partial charge on any atom is 0.270 e. The summed E-state index contributed by atoms with van der Waals surface area (Å²) < 4.78 is 6.52. The van der Waals surface area contributed by atoms with Crippen LogP contribution in [0, 0.1) is 10.1 Å². The summed E-state index contributed by atoms with van der Waals surface area (Å²) in [6, 6.07) is 14.7. The third kappa shape index (κ3) is 5.05. The van der Waals surface area contributed by atoms with Gasteiger partial charge in [-0.15, -0.1) is 0 Å². The molecule has 0 spiro atoms. The second kappa shape index (κ2) is 8.81. The van der Waals surface area contributed by atoms with Crippen LogP contribution in [0.2, 0.25) is 5.02 Å². The van der Waals surface area contributed by atoms with Crippen molar-refractivity contribution in [3.63, 3.8) is 0 Å². The van der Waals surface area contributed by atoms with Gasteiger partial charge in [-0.25, -0.2) is 5.43 Å². The predicted molar refractivity (Wildman–Crippen MR) is 109 cm³/mol. The van der Waals surface area contributed by atoms with Crippen LogP contribution in [0.15, 0.2) is 68.6 Å². The highest BCUT2D eigenvalue weighted by atomic mass is 79.9. The molecule has 3 rings (SSSR count). The SMILES string of the molecule is O=C(Cc1ccc(Br)cc1)N/N=C\c1ccc(-c2cc([N+](=O)[O-])ccc2Cl)o1. The standard InChI is InChI=1S/C19H13BrClN3O4/c20-13-3-1-12(2-4-13)9-19(25)23-22-11-15-6-8-18(28-15)16-10-14(24(26)27)5-7-17(16)21/h1-8,10-11H,9H2,(H,23,25)/b22-11-. The smallest absolute Gasteiger partial charge is 0.270 e. The Morgan fingerprint density at radius 3 is 2.68 bits per heavy atom. The predicted octanol–water partition coefficient (Wildman–Crippen LogP) is 4.96. The fourth-order valence-corrected chi connectivity index (χ4v) is 2.85. The molecule has 3 aromatic rings. The maximum absolute atomic E-state index is 11.9. The highest BCUT2D eigenvalue weighted by Crippen LogP contribution is 2.32. The van der Waals surface area contributed by atoms with Crippen LogP contribution in [0.1, 0.15) is 11.3 Å². The Balaban J connectivity index is 1.64. The number of amides is 1. The monoisotopic (exact) mass is 461 g/mol. The van der Waals surface area contributed by atoms with Crippen LogP contribution in [-0.4, -0.2) is 17.0 Å². The van der Waals surface area contributed by atoms with E-state index < -0.39 is 4.92 Å². The number of nitrogens with one attached hydrogen (secondary N) is 1. The zero-order chi connectivity index (χ0) is 20.1. The van der Waals surface area contributed by atoms with Crippen LogP contribution in [0.4, 0.5) is 5.69 Å². The molecule has 142 valence electrons. The van der Waals surface area contributed by atoms with E-state index in [0.29, 0.717) is 22.1 Å². The average Bonchev–Trinajstić information content (AvgIpc) is 3.12. The Kier molecular flexibility index (Phi) is 6.23. The molecule has 0 aliphatic heterocycles. The van der Waals surface area contributed by atoms with Gasteiger partial charge in [0.2, 0.25) is 5.91 Å². The fourth-order valence-electron chi connectivity index (χ4n) is 2.38. The van der Waals surface area contributed by atoms with Gasteiger partial charge in [-0.2, -0.15) is 5.10 Å². The van der Waals surface area contributed by atoms with Crippen molar-refractivity contribution in [2.45, 2.75) is 6.42 Å². The molecule has 0 fully saturated rings. The van der Waals surface area contributed by atoms with Gasteiger partial charge in [0.1, 0.15) is 11.5 Å². The summed E-state index contributed by atoms with van der Waals surface area (Å²) in [5.41, 5.74) is 3.59. The van der Waals surface area contributed by atoms with E-state index in [-0.39, 0.29) is 18.0 Å². The first-order valence-corrected chi connectivity index (χ1v) is 9.20. The number of hydrazone groups is 1. The van der Waals surface area contributed by atoms with Crippen LogP contribution in [0.5, 0.6) is 0 Å². The number of nitrogens with zero attached hydrogens (tertiary/aromatic N) is 2. The number of halogens is 2. The van der Waals surface area contributed by atoms with E-state index in [4.69, 9.17) is 16.0 Å². The zero-order valence-electron chi connectivity index (χ0n) is 14.3. The second-order valence-corrected chi connectivity index (χ2v) is 7.04. The third-order valence-corrected chi connectivity index (χ3v) is 4.57. The lowest BCUT2D eigenvalue weighted by molar-refractivity contribution is -0.384. The van der Waals surface area contributed by atoms with Crippen molar-refractivity contribution in [3.8, 4) is 11.3 Å². The van der Waals surface area contributed by atoms with E-state index in [1.807, 2.05) is 24.3 Å². The summed E-state index contributed by atoms with van der Waals surface area (Å²) in [7, 11) is 0. The first-order chi connectivity index (χ1) is 13.4. The van der Waals surface area contributed by atoms with Gasteiger partial charge in [0.25, 0.3) is 5.69 Å². The molecule has 28 heavy (non-hydrogen) atoms. The van der Waals surface area contributed by atoms with Crippen LogP contribution in [0.3, 0.4) is 0 Å². The largest absolute Gasteiger partial charge is 0.455 e. The van der Waals surface area contributed by atoms with Crippen molar-refractivity contribution < 1.29 is 14.1 Å². The van der Waals surface area contributed by atoms with E-state index in [2.05, 4.69) is 26.5 Å². The van der Waals surface area contributed by atoms with Gasteiger partial charge in [0, 0.05) is 22.2 Å². The number of rotatable bonds is 6. The first kappa shape index (κ1) is 19.8. The lowest BCUT2D eigenvalue weighted by atomic mass is 10.1. The van der Waals surface area contributed by atoms with Crippen LogP contribution >= 0.6 is 27.5 Å². The summed E-state index contributed by atoms with van der Waals surface area (Å²) in [6.45, 7) is 0. The molecular weight excluding hydrogens is 450 g/mol. The number of hydrogen-bond acceptors (Lipinski definition) is 5. The normalized spacial score (nSPS) is 10.9. The van der Waals surface area contributed by atoms with Crippen LogP contribution in [0.25, 0.3) is 11.3 Å². The molecule has 1 N–H and O–H groups in total. The molecule has 1 aromatic heterocycles. The Morgan fingerprint density at radius 2 is 1.96 bits per heavy atom. The van der Waals surface area contributed by atoms with Gasteiger partial charge < -0.3 is 4.42 Å². The topological polar surface area (TPSA) is 97.7 Å². The minimum absolute atomic E-state index is 0.0915.